The van der Waals surface area contributed by atoms with Gasteiger partial charge in [0.25, 0.3) is 5.91 Å². The van der Waals surface area contributed by atoms with Crippen molar-refractivity contribution in [2.75, 3.05) is 18.1 Å². The Hall–Kier alpha value is -3.05. The summed E-state index contributed by atoms with van der Waals surface area (Å²) < 4.78 is 5.78. The SMILES string of the molecule is C=CC(=O)N[C@H]1CCCC[C@H]1NC(=O)C1=C2NC(=O)N(c3cnc(OCC(C)C)cc3C)C3CCNC(S1)C23. The van der Waals surface area contributed by atoms with Gasteiger partial charge >= 0.3 is 6.03 Å². The molecule has 0 spiro atoms. The minimum Gasteiger partial charge on any atom is -0.477 e. The van der Waals surface area contributed by atoms with Crippen LogP contribution >= 0.6 is 11.8 Å². The Kier molecular flexibility index (Phi) is 8.18. The first-order valence-electron chi connectivity index (χ1n) is 13.8. The van der Waals surface area contributed by atoms with Gasteiger partial charge in [0, 0.05) is 29.8 Å². The van der Waals surface area contributed by atoms with E-state index < -0.39 is 0 Å². The molecule has 0 aromatic carbocycles. The molecule has 1 aromatic rings. The number of pyridine rings is 1. The highest BCUT2D eigenvalue weighted by Gasteiger charge is 2.52. The number of aryl methyl sites for hydroxylation is 1. The van der Waals surface area contributed by atoms with E-state index in [4.69, 9.17) is 4.74 Å². The quantitative estimate of drug-likeness (QED) is 0.364. The van der Waals surface area contributed by atoms with Crippen molar-refractivity contribution in [1.82, 2.24) is 26.3 Å². The maximum Gasteiger partial charge on any atom is 0.326 e. The van der Waals surface area contributed by atoms with Crippen LogP contribution in [0.1, 0.15) is 51.5 Å². The average Bonchev–Trinajstić information content (AvgIpc) is 3.29. The molecule has 4 amide bonds. The van der Waals surface area contributed by atoms with Crippen LogP contribution in [0.4, 0.5) is 10.5 Å². The van der Waals surface area contributed by atoms with Crippen molar-refractivity contribution < 1.29 is 19.1 Å². The summed E-state index contributed by atoms with van der Waals surface area (Å²) in [5.41, 5.74) is 2.35. The second-order valence-corrected chi connectivity index (χ2v) is 12.3. The number of hydrogen-bond acceptors (Lipinski definition) is 7. The molecule has 4 N–H and O–H groups in total. The minimum absolute atomic E-state index is 0.0212. The lowest BCUT2D eigenvalue weighted by Gasteiger charge is -2.46. The number of nitrogens with one attached hydrogen (secondary N) is 4. The van der Waals surface area contributed by atoms with Crippen LogP contribution in [-0.2, 0) is 9.59 Å². The molecule has 3 fully saturated rings. The zero-order valence-electron chi connectivity index (χ0n) is 22.8. The van der Waals surface area contributed by atoms with Crippen LogP contribution in [0, 0.1) is 18.8 Å². The highest BCUT2D eigenvalue weighted by Crippen LogP contribution is 2.48. The molecule has 0 bridgehead atoms. The summed E-state index contributed by atoms with van der Waals surface area (Å²) in [6.45, 7) is 11.0. The van der Waals surface area contributed by atoms with Crippen molar-refractivity contribution in [2.45, 2.75) is 76.4 Å². The smallest absolute Gasteiger partial charge is 0.326 e. The number of thioether (sulfide) groups is 1. The lowest BCUT2D eigenvalue weighted by Crippen LogP contribution is -2.62. The Morgan fingerprint density at radius 1 is 1.26 bits per heavy atom. The zero-order valence-corrected chi connectivity index (χ0v) is 23.6. The Bertz CT molecular complexity index is 1190. The predicted molar refractivity (Wildman–Crippen MR) is 151 cm³/mol. The van der Waals surface area contributed by atoms with Crippen LogP contribution in [0.3, 0.4) is 0 Å². The normalized spacial score (nSPS) is 28.1. The van der Waals surface area contributed by atoms with Crippen molar-refractivity contribution >= 4 is 35.3 Å². The van der Waals surface area contributed by atoms with Crippen LogP contribution < -0.4 is 30.9 Å². The Morgan fingerprint density at radius 3 is 2.69 bits per heavy atom. The molecule has 4 heterocycles. The number of carbonyl (C=O) groups excluding carboxylic acids is 3. The van der Waals surface area contributed by atoms with Crippen LogP contribution in [-0.4, -0.2) is 59.5 Å². The van der Waals surface area contributed by atoms with E-state index >= 15 is 0 Å². The summed E-state index contributed by atoms with van der Waals surface area (Å²) in [5.74, 6) is 0.443. The van der Waals surface area contributed by atoms with E-state index in [2.05, 4.69) is 46.7 Å². The third-order valence-electron chi connectivity index (χ3n) is 7.83. The Labute approximate surface area is 233 Å². The fourth-order valence-electron chi connectivity index (χ4n) is 5.96. The monoisotopic (exact) mass is 554 g/mol. The zero-order chi connectivity index (χ0) is 27.7. The van der Waals surface area contributed by atoms with Gasteiger partial charge in [-0.15, -0.1) is 0 Å². The molecular formula is C28H38N6O4S. The number of hydrogen-bond donors (Lipinski definition) is 4. The summed E-state index contributed by atoms with van der Waals surface area (Å²) in [5, 5.41) is 12.7. The van der Waals surface area contributed by atoms with Gasteiger partial charge in [-0.3, -0.25) is 14.5 Å². The fourth-order valence-corrected chi connectivity index (χ4v) is 7.36. The van der Waals surface area contributed by atoms with E-state index in [0.717, 1.165) is 49.9 Å². The minimum atomic E-state index is -0.255. The van der Waals surface area contributed by atoms with Gasteiger partial charge in [-0.2, -0.15) is 0 Å². The van der Waals surface area contributed by atoms with Gasteiger partial charge in [0.05, 0.1) is 34.8 Å². The van der Waals surface area contributed by atoms with Crippen molar-refractivity contribution in [2.24, 2.45) is 11.8 Å². The van der Waals surface area contributed by atoms with E-state index in [9.17, 15) is 14.4 Å². The first-order chi connectivity index (χ1) is 18.8. The third-order valence-corrected chi connectivity index (χ3v) is 9.18. The van der Waals surface area contributed by atoms with Crippen molar-refractivity contribution in [3.63, 3.8) is 0 Å². The Balaban J connectivity index is 1.36. The fraction of sp³-hybridized carbons (Fsp3) is 0.571. The van der Waals surface area contributed by atoms with Gasteiger partial charge in [-0.25, -0.2) is 9.78 Å². The van der Waals surface area contributed by atoms with Crippen LogP contribution in [0.25, 0.3) is 0 Å². The number of carbonyl (C=O) groups is 3. The number of aromatic nitrogens is 1. The first kappa shape index (κ1) is 27.5. The maximum absolute atomic E-state index is 13.6. The molecule has 0 radical (unpaired) electrons. The molecule has 3 unspecified atom stereocenters. The van der Waals surface area contributed by atoms with E-state index in [0.29, 0.717) is 29.0 Å². The number of urea groups is 1. The summed E-state index contributed by atoms with van der Waals surface area (Å²) in [6.07, 6.45) is 7.31. The molecule has 11 heteroatoms. The molecule has 1 aliphatic carbocycles. The number of anilines is 1. The topological polar surface area (TPSA) is 125 Å². The van der Waals surface area contributed by atoms with Crippen molar-refractivity contribution in [1.29, 1.82) is 0 Å². The standard InChI is InChI=1S/C28H38N6O4S/c1-5-21(35)31-17-8-6-7-9-18(17)32-26(36)25-24-23-19(10-11-29-27(23)39-25)34(28(37)33-24)20-13-30-22(12-16(20)4)38-14-15(2)3/h5,12-13,15,17-19,23,27,29H,1,6-11,14H2,2-4H3,(H,31,35)(H,32,36)(H,33,37)/t17-,18+,19?,23?,27?/m0/s1. The molecule has 5 rings (SSSR count). The lowest BCUT2D eigenvalue weighted by molar-refractivity contribution is -0.120. The molecule has 210 valence electrons. The van der Waals surface area contributed by atoms with Gasteiger partial charge in [0.15, 0.2) is 0 Å². The second kappa shape index (κ2) is 11.6. The molecule has 1 saturated carbocycles. The summed E-state index contributed by atoms with van der Waals surface area (Å²) in [7, 11) is 0. The molecule has 2 saturated heterocycles. The van der Waals surface area contributed by atoms with Gasteiger partial charge in [0.2, 0.25) is 11.8 Å². The highest BCUT2D eigenvalue weighted by atomic mass is 32.2. The van der Waals surface area contributed by atoms with E-state index in [1.54, 1.807) is 11.1 Å². The molecule has 10 nitrogen and oxygen atoms in total. The number of nitrogens with zero attached hydrogens (tertiary/aromatic N) is 2. The molecule has 4 aliphatic rings. The van der Waals surface area contributed by atoms with Crippen LogP contribution in [0.2, 0.25) is 0 Å². The summed E-state index contributed by atoms with van der Waals surface area (Å²) in [4.78, 5) is 45.9. The third kappa shape index (κ3) is 5.65. The Morgan fingerprint density at radius 2 is 2.00 bits per heavy atom. The van der Waals surface area contributed by atoms with Crippen LogP contribution in [0.15, 0.2) is 35.5 Å². The van der Waals surface area contributed by atoms with Crippen LogP contribution in [0.5, 0.6) is 5.88 Å². The lowest BCUT2D eigenvalue weighted by atomic mass is 9.86. The van der Waals surface area contributed by atoms with Gasteiger partial charge < -0.3 is 26.0 Å². The molecular weight excluding hydrogens is 516 g/mol. The highest BCUT2D eigenvalue weighted by molar-refractivity contribution is 8.04. The van der Waals surface area contributed by atoms with Gasteiger partial charge in [0.1, 0.15) is 0 Å². The van der Waals surface area contributed by atoms with Crippen molar-refractivity contribution in [3.8, 4) is 5.88 Å². The number of ether oxygens (including phenoxy) is 1. The number of rotatable bonds is 8. The predicted octanol–water partition coefficient (Wildman–Crippen LogP) is 2.95. The van der Waals surface area contributed by atoms with Gasteiger partial charge in [-0.05, 0) is 50.3 Å². The largest absolute Gasteiger partial charge is 0.477 e. The molecule has 1 aromatic heterocycles. The average molecular weight is 555 g/mol. The van der Waals surface area contributed by atoms with Gasteiger partial charge in [-0.1, -0.05) is 45.0 Å². The van der Waals surface area contributed by atoms with E-state index in [-0.39, 0.29) is 47.3 Å². The first-order valence-corrected chi connectivity index (χ1v) is 14.7. The van der Waals surface area contributed by atoms with Crippen molar-refractivity contribution in [3.05, 3.63) is 41.1 Å². The molecule has 3 aliphatic heterocycles. The molecule has 5 atom stereocenters. The summed E-state index contributed by atoms with van der Waals surface area (Å²) in [6, 6.07) is 1.21. The molecule has 39 heavy (non-hydrogen) atoms. The number of piperidine rings is 1. The van der Waals surface area contributed by atoms with E-state index in [1.165, 1.54) is 17.8 Å². The summed E-state index contributed by atoms with van der Waals surface area (Å²) >= 11 is 1.48. The second-order valence-electron chi connectivity index (χ2n) is 11.1. The maximum atomic E-state index is 13.6. The van der Waals surface area contributed by atoms with E-state index in [1.807, 2.05) is 13.0 Å². The number of amides is 4.